The molecule has 0 unspecified atom stereocenters. The van der Waals surface area contributed by atoms with Gasteiger partial charge in [-0.2, -0.15) is 0 Å². The third kappa shape index (κ3) is 5.87. The zero-order valence-electron chi connectivity index (χ0n) is 12.3. The van der Waals surface area contributed by atoms with Crippen molar-refractivity contribution in [2.45, 2.75) is 39.5 Å². The number of carbonyl (C=O) groups is 2. The molecule has 1 rings (SSSR count). The minimum atomic E-state index is -0.610. The molecule has 2 amide bonds. The highest BCUT2D eigenvalue weighted by atomic mass is 16.2. The lowest BCUT2D eigenvalue weighted by atomic mass is 9.99. The summed E-state index contributed by atoms with van der Waals surface area (Å²) < 4.78 is 0. The molecule has 0 saturated carbocycles. The van der Waals surface area contributed by atoms with Crippen LogP contribution in [0.5, 0.6) is 0 Å². The van der Waals surface area contributed by atoms with Gasteiger partial charge in [0.2, 0.25) is 0 Å². The number of nitrogens with one attached hydrogen (secondary N) is 2. The predicted octanol–water partition coefficient (Wildman–Crippen LogP) is 2.96. The number of benzene rings is 1. The molecule has 1 aromatic carbocycles. The average Bonchev–Trinajstić information content (AvgIpc) is 2.48. The topological polar surface area (TPSA) is 58.2 Å². The molecule has 110 valence electrons. The van der Waals surface area contributed by atoms with Crippen LogP contribution in [0, 0.1) is 5.92 Å². The summed E-state index contributed by atoms with van der Waals surface area (Å²) in [6.07, 6.45) is 4.41. The van der Waals surface area contributed by atoms with Gasteiger partial charge in [0.15, 0.2) is 0 Å². The van der Waals surface area contributed by atoms with Crippen LogP contribution in [0.15, 0.2) is 30.3 Å². The third-order valence-electron chi connectivity index (χ3n) is 3.33. The van der Waals surface area contributed by atoms with Crippen molar-refractivity contribution < 1.29 is 9.59 Å². The van der Waals surface area contributed by atoms with Gasteiger partial charge >= 0.3 is 11.8 Å². The van der Waals surface area contributed by atoms with Crippen molar-refractivity contribution in [1.29, 1.82) is 0 Å². The molecule has 1 atom stereocenters. The quantitative estimate of drug-likeness (QED) is 0.752. The van der Waals surface area contributed by atoms with E-state index in [-0.39, 0.29) is 0 Å². The van der Waals surface area contributed by atoms with Crippen LogP contribution < -0.4 is 10.6 Å². The Balaban J connectivity index is 2.36. The number of carbonyl (C=O) groups excluding carboxylic acids is 2. The Labute approximate surface area is 121 Å². The van der Waals surface area contributed by atoms with E-state index in [0.717, 1.165) is 25.7 Å². The number of amides is 2. The fraction of sp³-hybridized carbons (Fsp3) is 0.500. The molecule has 0 fully saturated rings. The first-order valence-corrected chi connectivity index (χ1v) is 7.31. The molecule has 0 spiro atoms. The summed E-state index contributed by atoms with van der Waals surface area (Å²) in [5, 5.41) is 5.29. The van der Waals surface area contributed by atoms with Crippen molar-refractivity contribution in [2.24, 2.45) is 5.92 Å². The van der Waals surface area contributed by atoms with Crippen LogP contribution in [-0.4, -0.2) is 18.4 Å². The number of unbranched alkanes of at least 4 members (excludes halogenated alkanes) is 1. The zero-order chi connectivity index (χ0) is 14.8. The fourth-order valence-electron chi connectivity index (χ4n) is 1.97. The van der Waals surface area contributed by atoms with E-state index in [1.807, 2.05) is 18.2 Å². The molecule has 0 aliphatic heterocycles. The monoisotopic (exact) mass is 276 g/mol. The Kier molecular flexibility index (Phi) is 7.40. The van der Waals surface area contributed by atoms with E-state index in [1.165, 1.54) is 0 Å². The van der Waals surface area contributed by atoms with Crippen molar-refractivity contribution in [3.8, 4) is 0 Å². The number of rotatable bonds is 7. The van der Waals surface area contributed by atoms with Gasteiger partial charge in [0.25, 0.3) is 0 Å². The van der Waals surface area contributed by atoms with Crippen LogP contribution in [-0.2, 0) is 9.59 Å². The van der Waals surface area contributed by atoms with Gasteiger partial charge in [-0.15, -0.1) is 0 Å². The number of para-hydroxylation sites is 1. The van der Waals surface area contributed by atoms with Crippen LogP contribution >= 0.6 is 0 Å². The number of hydrogen-bond acceptors (Lipinski definition) is 2. The molecule has 0 aromatic heterocycles. The SMILES string of the molecule is CCCC[C@H](CC)CNC(=O)C(=O)Nc1ccccc1. The highest BCUT2D eigenvalue weighted by molar-refractivity contribution is 6.39. The van der Waals surface area contributed by atoms with Gasteiger partial charge in [0.05, 0.1) is 0 Å². The molecule has 0 aliphatic rings. The first kappa shape index (κ1) is 16.2. The van der Waals surface area contributed by atoms with Crippen molar-refractivity contribution >= 4 is 17.5 Å². The molecule has 1 aromatic rings. The van der Waals surface area contributed by atoms with E-state index in [4.69, 9.17) is 0 Å². The largest absolute Gasteiger partial charge is 0.348 e. The molecule has 2 N–H and O–H groups in total. The zero-order valence-corrected chi connectivity index (χ0v) is 12.3. The van der Waals surface area contributed by atoms with E-state index in [0.29, 0.717) is 18.2 Å². The van der Waals surface area contributed by atoms with Crippen molar-refractivity contribution in [1.82, 2.24) is 5.32 Å². The minimum Gasteiger partial charge on any atom is -0.348 e. The summed E-state index contributed by atoms with van der Waals surface area (Å²) in [4.78, 5) is 23.4. The van der Waals surface area contributed by atoms with Gasteiger partial charge in [-0.25, -0.2) is 0 Å². The Bertz CT molecular complexity index is 418. The molecular weight excluding hydrogens is 252 g/mol. The summed E-state index contributed by atoms with van der Waals surface area (Å²) in [7, 11) is 0. The number of hydrogen-bond donors (Lipinski definition) is 2. The smallest absolute Gasteiger partial charge is 0.313 e. The lowest BCUT2D eigenvalue weighted by Gasteiger charge is -2.15. The van der Waals surface area contributed by atoms with Crippen LogP contribution in [0.2, 0.25) is 0 Å². The lowest BCUT2D eigenvalue weighted by molar-refractivity contribution is -0.136. The van der Waals surface area contributed by atoms with Crippen molar-refractivity contribution in [2.75, 3.05) is 11.9 Å². The van der Waals surface area contributed by atoms with Gasteiger partial charge in [-0.3, -0.25) is 9.59 Å². The average molecular weight is 276 g/mol. The fourth-order valence-corrected chi connectivity index (χ4v) is 1.97. The Morgan fingerprint density at radius 3 is 2.40 bits per heavy atom. The molecule has 4 heteroatoms. The maximum Gasteiger partial charge on any atom is 0.313 e. The normalized spacial score (nSPS) is 11.7. The van der Waals surface area contributed by atoms with E-state index < -0.39 is 11.8 Å². The highest BCUT2D eigenvalue weighted by Crippen LogP contribution is 2.11. The molecule has 0 aliphatic carbocycles. The van der Waals surface area contributed by atoms with Gasteiger partial charge in [-0.1, -0.05) is 51.3 Å². The molecule has 0 bridgehead atoms. The summed E-state index contributed by atoms with van der Waals surface area (Å²) >= 11 is 0. The van der Waals surface area contributed by atoms with E-state index in [2.05, 4.69) is 24.5 Å². The Morgan fingerprint density at radius 2 is 1.80 bits per heavy atom. The first-order chi connectivity index (χ1) is 9.67. The summed E-state index contributed by atoms with van der Waals surface area (Å²) in [5.74, 6) is -0.728. The van der Waals surface area contributed by atoms with Gasteiger partial charge in [0, 0.05) is 12.2 Å². The lowest BCUT2D eigenvalue weighted by Crippen LogP contribution is -2.38. The van der Waals surface area contributed by atoms with Crippen LogP contribution in [0.4, 0.5) is 5.69 Å². The van der Waals surface area contributed by atoms with Crippen LogP contribution in [0.1, 0.15) is 39.5 Å². The molecule has 20 heavy (non-hydrogen) atoms. The second-order valence-electron chi connectivity index (χ2n) is 4.95. The van der Waals surface area contributed by atoms with Gasteiger partial charge in [-0.05, 0) is 24.5 Å². The summed E-state index contributed by atoms with van der Waals surface area (Å²) in [6, 6.07) is 8.98. The van der Waals surface area contributed by atoms with E-state index in [1.54, 1.807) is 12.1 Å². The molecule has 4 nitrogen and oxygen atoms in total. The standard InChI is InChI=1S/C16H24N2O2/c1-3-5-9-13(4-2)12-17-15(19)16(20)18-14-10-7-6-8-11-14/h6-8,10-11,13H,3-5,9,12H2,1-2H3,(H,17,19)(H,18,20)/t13-/m0/s1. The second kappa shape index (κ2) is 9.13. The Morgan fingerprint density at radius 1 is 1.10 bits per heavy atom. The van der Waals surface area contributed by atoms with Crippen LogP contribution in [0.3, 0.4) is 0 Å². The first-order valence-electron chi connectivity index (χ1n) is 7.31. The van der Waals surface area contributed by atoms with Crippen molar-refractivity contribution in [3.63, 3.8) is 0 Å². The van der Waals surface area contributed by atoms with Crippen LogP contribution in [0.25, 0.3) is 0 Å². The molecular formula is C16H24N2O2. The highest BCUT2D eigenvalue weighted by Gasteiger charge is 2.15. The molecule has 0 saturated heterocycles. The van der Waals surface area contributed by atoms with Gasteiger partial charge < -0.3 is 10.6 Å². The minimum absolute atomic E-state index is 0.448. The molecule has 0 radical (unpaired) electrons. The van der Waals surface area contributed by atoms with E-state index in [9.17, 15) is 9.59 Å². The number of anilines is 1. The maximum absolute atomic E-state index is 11.7. The summed E-state index contributed by atoms with van der Waals surface area (Å²) in [5.41, 5.74) is 0.630. The molecule has 0 heterocycles. The third-order valence-corrected chi connectivity index (χ3v) is 3.33. The summed E-state index contributed by atoms with van der Waals surface area (Å²) in [6.45, 7) is 4.83. The second-order valence-corrected chi connectivity index (χ2v) is 4.95. The predicted molar refractivity (Wildman–Crippen MR) is 81.4 cm³/mol. The van der Waals surface area contributed by atoms with Crippen molar-refractivity contribution in [3.05, 3.63) is 30.3 Å². The maximum atomic E-state index is 11.7. The van der Waals surface area contributed by atoms with E-state index >= 15 is 0 Å². The Hall–Kier alpha value is -1.84. The van der Waals surface area contributed by atoms with Gasteiger partial charge in [0.1, 0.15) is 0 Å².